The summed E-state index contributed by atoms with van der Waals surface area (Å²) in [6.07, 6.45) is -4.89. The van der Waals surface area contributed by atoms with Gasteiger partial charge in [-0.3, -0.25) is 14.6 Å². The van der Waals surface area contributed by atoms with Gasteiger partial charge in [0.15, 0.2) is 6.29 Å². The van der Waals surface area contributed by atoms with Crippen molar-refractivity contribution in [2.24, 2.45) is 0 Å². The normalized spacial score (nSPS) is 19.0. The molecule has 3 aromatic carbocycles. The fraction of sp³-hybridized carbons (Fsp3) is 0.387. The first kappa shape index (κ1) is 31.3. The molecule has 1 aliphatic rings. The quantitative estimate of drug-likeness (QED) is 0.191. The molecule has 1 aliphatic heterocycles. The Morgan fingerprint density at radius 1 is 1.00 bits per heavy atom. The summed E-state index contributed by atoms with van der Waals surface area (Å²) in [5.74, 6) is -0.911. The Balaban J connectivity index is 1.58. The molecule has 0 aliphatic carbocycles. The third-order valence-corrected chi connectivity index (χ3v) is 8.22. The van der Waals surface area contributed by atoms with E-state index in [1.807, 2.05) is 47.2 Å². The van der Waals surface area contributed by atoms with Crippen molar-refractivity contribution < 1.29 is 27.1 Å². The fourth-order valence-electron chi connectivity index (χ4n) is 5.19. The number of hydrogen-bond donors (Lipinski definition) is 0. The first-order valence-corrected chi connectivity index (χ1v) is 13.9. The first-order chi connectivity index (χ1) is 19.2. The van der Waals surface area contributed by atoms with Gasteiger partial charge in [-0.25, -0.2) is 4.39 Å². The maximum absolute atomic E-state index is 14.3. The maximum Gasteiger partial charge on any atom is 0.419 e. The molecule has 0 spiro atoms. The minimum absolute atomic E-state index is 0.0294. The van der Waals surface area contributed by atoms with Gasteiger partial charge in [-0.05, 0) is 65.6 Å². The number of halogens is 6. The van der Waals surface area contributed by atoms with Crippen molar-refractivity contribution in [1.29, 1.82) is 0 Å². The van der Waals surface area contributed by atoms with Crippen LogP contribution in [0, 0.1) is 5.82 Å². The molecule has 1 heterocycles. The van der Waals surface area contributed by atoms with Crippen LogP contribution in [0.3, 0.4) is 0 Å². The molecule has 1 saturated heterocycles. The van der Waals surface area contributed by atoms with Crippen LogP contribution in [-0.2, 0) is 22.9 Å². The lowest BCUT2D eigenvalue weighted by molar-refractivity contribution is -0.140. The molecule has 220 valence electrons. The number of carbonyl (C=O) groups is 1. The van der Waals surface area contributed by atoms with Crippen molar-refractivity contribution >= 4 is 29.5 Å². The average molecular weight is 612 g/mol. The van der Waals surface area contributed by atoms with Crippen LogP contribution in [0.15, 0.2) is 60.7 Å². The van der Waals surface area contributed by atoms with E-state index >= 15 is 0 Å². The third kappa shape index (κ3) is 7.41. The summed E-state index contributed by atoms with van der Waals surface area (Å²) in [5, 5.41) is 0.791. The Kier molecular flexibility index (Phi) is 9.38. The summed E-state index contributed by atoms with van der Waals surface area (Å²) in [6.45, 7) is 7.37. The van der Waals surface area contributed by atoms with Crippen LogP contribution in [0.1, 0.15) is 48.9 Å². The number of ether oxygens (including phenoxy) is 1. The van der Waals surface area contributed by atoms with Gasteiger partial charge >= 0.3 is 6.18 Å². The predicted octanol–water partition coefficient (Wildman–Crippen LogP) is 7.95. The topological polar surface area (TPSA) is 32.8 Å². The second-order valence-electron chi connectivity index (χ2n) is 11.4. The van der Waals surface area contributed by atoms with Gasteiger partial charge in [0.1, 0.15) is 11.6 Å². The molecule has 0 aromatic heterocycles. The second-order valence-corrected chi connectivity index (χ2v) is 12.3. The Labute approximate surface area is 247 Å². The number of likely N-dealkylation sites (N-methyl/N-ethyl adjacent to an activating group) is 1. The molecular formula is C31H32Cl2F4N2O2. The minimum atomic E-state index is -4.77. The molecule has 41 heavy (non-hydrogen) atoms. The van der Waals surface area contributed by atoms with Crippen LogP contribution < -0.4 is 4.74 Å². The van der Waals surface area contributed by atoms with Gasteiger partial charge in [-0.1, -0.05) is 68.2 Å². The average Bonchev–Trinajstić information content (AvgIpc) is 3.33. The molecule has 4 nitrogen and oxygen atoms in total. The number of rotatable bonds is 8. The van der Waals surface area contributed by atoms with E-state index in [2.05, 4.69) is 20.8 Å². The Bertz CT molecular complexity index is 1380. The minimum Gasteiger partial charge on any atom is -0.468 e. The van der Waals surface area contributed by atoms with E-state index in [1.165, 1.54) is 6.07 Å². The van der Waals surface area contributed by atoms with Crippen LogP contribution in [0.25, 0.3) is 0 Å². The number of likely N-dealkylation sites (tertiary alicyclic amines) is 1. The van der Waals surface area contributed by atoms with Crippen LogP contribution in [-0.4, -0.2) is 48.5 Å². The molecule has 1 unspecified atom stereocenters. The highest BCUT2D eigenvalue weighted by Crippen LogP contribution is 2.37. The van der Waals surface area contributed by atoms with Gasteiger partial charge in [0, 0.05) is 31.6 Å². The highest BCUT2D eigenvalue weighted by Gasteiger charge is 2.40. The molecule has 3 aromatic rings. The van der Waals surface area contributed by atoms with E-state index in [9.17, 15) is 22.4 Å². The van der Waals surface area contributed by atoms with E-state index in [-0.39, 0.29) is 23.9 Å². The van der Waals surface area contributed by atoms with E-state index in [4.69, 9.17) is 27.9 Å². The molecule has 10 heteroatoms. The van der Waals surface area contributed by atoms with Gasteiger partial charge in [-0.15, -0.1) is 0 Å². The number of benzene rings is 3. The monoisotopic (exact) mass is 610 g/mol. The Morgan fingerprint density at radius 3 is 2.24 bits per heavy atom. The fourth-order valence-corrected chi connectivity index (χ4v) is 5.50. The zero-order valence-electron chi connectivity index (χ0n) is 23.2. The first-order valence-electron chi connectivity index (χ1n) is 13.1. The standard InChI is InChI=1S/C31H32Cl2F4N2O2/c1-30(2,3)21-7-9-22(10-8-21)41-29(18-40)39-16-23(20-6-12-25(32)26(33)14-20)28(17-39)38(4)15-19-5-11-24(27(34)13-19)31(35,36)37/h5-14,18,23,28-29H,15-17H2,1-4H3/t23-,28-,29?/m1/s1. The van der Waals surface area contributed by atoms with Crippen molar-refractivity contribution in [1.82, 2.24) is 9.80 Å². The molecule has 1 fully saturated rings. The number of carbonyl (C=O) groups excluding carboxylic acids is 1. The van der Waals surface area contributed by atoms with Gasteiger partial charge in [-0.2, -0.15) is 13.2 Å². The number of hydrogen-bond acceptors (Lipinski definition) is 4. The van der Waals surface area contributed by atoms with Gasteiger partial charge in [0.05, 0.1) is 15.6 Å². The largest absolute Gasteiger partial charge is 0.468 e. The molecule has 0 bridgehead atoms. The molecule has 4 rings (SSSR count). The van der Waals surface area contributed by atoms with Crippen molar-refractivity contribution in [2.75, 3.05) is 20.1 Å². The van der Waals surface area contributed by atoms with Gasteiger partial charge in [0.25, 0.3) is 0 Å². The van der Waals surface area contributed by atoms with Crippen LogP contribution in [0.5, 0.6) is 5.75 Å². The molecule has 0 saturated carbocycles. The maximum atomic E-state index is 14.3. The highest BCUT2D eigenvalue weighted by atomic mass is 35.5. The molecule has 3 atom stereocenters. The number of alkyl halides is 3. The second kappa shape index (κ2) is 12.3. The van der Waals surface area contributed by atoms with Crippen molar-refractivity contribution in [3.05, 3.63) is 98.8 Å². The lowest BCUT2D eigenvalue weighted by Crippen LogP contribution is -2.42. The lowest BCUT2D eigenvalue weighted by Gasteiger charge is -2.30. The molecule has 0 radical (unpaired) electrons. The smallest absolute Gasteiger partial charge is 0.419 e. The predicted molar refractivity (Wildman–Crippen MR) is 153 cm³/mol. The number of nitrogens with zero attached hydrogens (tertiary/aromatic N) is 2. The van der Waals surface area contributed by atoms with E-state index in [0.717, 1.165) is 29.5 Å². The third-order valence-electron chi connectivity index (χ3n) is 7.48. The summed E-state index contributed by atoms with van der Waals surface area (Å²) >= 11 is 12.5. The summed E-state index contributed by atoms with van der Waals surface area (Å²) in [7, 11) is 1.82. The summed E-state index contributed by atoms with van der Waals surface area (Å²) in [6, 6.07) is 15.7. The Morgan fingerprint density at radius 2 is 1.68 bits per heavy atom. The molecule has 0 N–H and O–H groups in total. The van der Waals surface area contributed by atoms with E-state index in [0.29, 0.717) is 34.4 Å². The highest BCUT2D eigenvalue weighted by molar-refractivity contribution is 6.42. The van der Waals surface area contributed by atoms with Gasteiger partial charge < -0.3 is 4.74 Å². The van der Waals surface area contributed by atoms with E-state index < -0.39 is 23.8 Å². The van der Waals surface area contributed by atoms with Crippen molar-refractivity contribution in [2.45, 2.75) is 57.1 Å². The van der Waals surface area contributed by atoms with Crippen molar-refractivity contribution in [3.63, 3.8) is 0 Å². The molecular weight excluding hydrogens is 579 g/mol. The zero-order valence-corrected chi connectivity index (χ0v) is 24.7. The lowest BCUT2D eigenvalue weighted by atomic mass is 9.87. The Hall–Kier alpha value is -2.65. The molecule has 0 amide bonds. The van der Waals surface area contributed by atoms with Crippen LogP contribution in [0.4, 0.5) is 17.6 Å². The van der Waals surface area contributed by atoms with Crippen LogP contribution >= 0.6 is 23.2 Å². The van der Waals surface area contributed by atoms with Crippen LogP contribution in [0.2, 0.25) is 10.0 Å². The summed E-state index contributed by atoms with van der Waals surface area (Å²) in [4.78, 5) is 16.1. The van der Waals surface area contributed by atoms with Gasteiger partial charge in [0.2, 0.25) is 6.23 Å². The summed E-state index contributed by atoms with van der Waals surface area (Å²) in [5.41, 5.74) is 1.09. The summed E-state index contributed by atoms with van der Waals surface area (Å²) < 4.78 is 59.5. The van der Waals surface area contributed by atoms with Crippen molar-refractivity contribution in [3.8, 4) is 5.75 Å². The SMILES string of the molecule is CN(Cc1ccc(C(F)(F)F)c(F)c1)[C@@H]1CN(C(C=O)Oc2ccc(C(C)(C)C)cc2)C[C@@H]1c1ccc(Cl)c(Cl)c1. The number of aldehydes is 1. The van der Waals surface area contributed by atoms with E-state index in [1.54, 1.807) is 12.1 Å². The zero-order chi connectivity index (χ0) is 30.1.